The van der Waals surface area contributed by atoms with Crippen LogP contribution in [0.4, 0.5) is 5.69 Å². The van der Waals surface area contributed by atoms with Crippen molar-refractivity contribution in [2.24, 2.45) is 0 Å². The van der Waals surface area contributed by atoms with Gasteiger partial charge in [-0.1, -0.05) is 48.5 Å². The summed E-state index contributed by atoms with van der Waals surface area (Å²) in [6, 6.07) is 21.1. The van der Waals surface area contributed by atoms with Crippen LogP contribution in [0.1, 0.15) is 31.1 Å². The minimum Gasteiger partial charge on any atom is -0.475 e. The van der Waals surface area contributed by atoms with Crippen molar-refractivity contribution in [3.63, 3.8) is 0 Å². The third kappa shape index (κ3) is 6.16. The summed E-state index contributed by atoms with van der Waals surface area (Å²) in [6.07, 6.45) is 1.51. The van der Waals surface area contributed by atoms with Gasteiger partial charge in [-0.2, -0.15) is 0 Å². The van der Waals surface area contributed by atoms with Gasteiger partial charge in [0.15, 0.2) is 0 Å². The maximum absolute atomic E-state index is 12.7. The molecule has 0 radical (unpaired) electrons. The van der Waals surface area contributed by atoms with Gasteiger partial charge in [0.25, 0.3) is 5.91 Å². The summed E-state index contributed by atoms with van der Waals surface area (Å²) in [5, 5.41) is 2.97. The molecule has 5 heteroatoms. The molecule has 29 heavy (non-hydrogen) atoms. The highest BCUT2D eigenvalue weighted by Gasteiger charge is 2.12. The molecule has 1 N–H and O–H groups in total. The zero-order valence-corrected chi connectivity index (χ0v) is 17.0. The summed E-state index contributed by atoms with van der Waals surface area (Å²) in [6.45, 7) is 6.86. The van der Waals surface area contributed by atoms with Gasteiger partial charge in [0.1, 0.15) is 6.61 Å². The van der Waals surface area contributed by atoms with Crippen molar-refractivity contribution < 1.29 is 14.3 Å². The van der Waals surface area contributed by atoms with Gasteiger partial charge in [0, 0.05) is 23.5 Å². The lowest BCUT2D eigenvalue weighted by molar-refractivity contribution is -0.0168. The van der Waals surface area contributed by atoms with Crippen LogP contribution in [0.3, 0.4) is 0 Å². The summed E-state index contributed by atoms with van der Waals surface area (Å²) in [5.74, 6) is 0.243. The van der Waals surface area contributed by atoms with E-state index in [0.717, 1.165) is 16.8 Å². The first-order valence-electron chi connectivity index (χ1n) is 9.61. The average molecular weight is 390 g/mol. The van der Waals surface area contributed by atoms with Gasteiger partial charge in [-0.05, 0) is 38.5 Å². The van der Waals surface area contributed by atoms with E-state index in [-0.39, 0.29) is 11.5 Å². The highest BCUT2D eigenvalue weighted by molar-refractivity contribution is 6.06. The molecule has 1 aromatic heterocycles. The van der Waals surface area contributed by atoms with Crippen LogP contribution in [0.15, 0.2) is 72.9 Å². The Morgan fingerprint density at radius 2 is 1.66 bits per heavy atom. The van der Waals surface area contributed by atoms with Crippen LogP contribution in [-0.4, -0.2) is 29.7 Å². The lowest BCUT2D eigenvalue weighted by Gasteiger charge is -2.19. The van der Waals surface area contributed by atoms with Crippen molar-refractivity contribution in [2.75, 3.05) is 18.5 Å². The molecule has 1 heterocycles. The average Bonchev–Trinajstić information content (AvgIpc) is 2.72. The maximum atomic E-state index is 12.7. The van der Waals surface area contributed by atoms with Crippen molar-refractivity contribution in [1.29, 1.82) is 0 Å². The molecule has 5 nitrogen and oxygen atoms in total. The fourth-order valence-corrected chi connectivity index (χ4v) is 2.75. The van der Waals surface area contributed by atoms with E-state index in [1.807, 2.05) is 75.4 Å². The molecule has 0 aliphatic rings. The van der Waals surface area contributed by atoms with Gasteiger partial charge < -0.3 is 14.8 Å². The number of rotatable bonds is 7. The third-order valence-corrected chi connectivity index (χ3v) is 4.13. The van der Waals surface area contributed by atoms with E-state index in [1.165, 1.54) is 6.20 Å². The number of ether oxygens (including phenoxy) is 2. The van der Waals surface area contributed by atoms with Gasteiger partial charge in [0.05, 0.1) is 17.8 Å². The van der Waals surface area contributed by atoms with Crippen molar-refractivity contribution >= 4 is 11.6 Å². The second kappa shape index (κ2) is 9.34. The number of benzene rings is 2. The van der Waals surface area contributed by atoms with Crippen molar-refractivity contribution in [3.05, 3.63) is 78.5 Å². The maximum Gasteiger partial charge on any atom is 0.257 e. The van der Waals surface area contributed by atoms with Crippen LogP contribution in [0, 0.1) is 0 Å². The first kappa shape index (κ1) is 20.6. The van der Waals surface area contributed by atoms with Crippen molar-refractivity contribution in [2.45, 2.75) is 26.4 Å². The Hall–Kier alpha value is -3.18. The molecule has 3 aromatic rings. The molecule has 0 fully saturated rings. The highest BCUT2D eigenvalue weighted by atomic mass is 16.5. The zero-order valence-electron chi connectivity index (χ0n) is 17.0. The smallest absolute Gasteiger partial charge is 0.257 e. The van der Waals surface area contributed by atoms with E-state index in [4.69, 9.17) is 9.47 Å². The number of carbonyl (C=O) groups excluding carboxylic acids is 1. The topological polar surface area (TPSA) is 60.5 Å². The van der Waals surface area contributed by atoms with Gasteiger partial charge in [-0.3, -0.25) is 4.79 Å². The van der Waals surface area contributed by atoms with Crippen LogP contribution < -0.4 is 10.1 Å². The number of anilines is 1. The first-order valence-corrected chi connectivity index (χ1v) is 9.61. The largest absolute Gasteiger partial charge is 0.475 e. The number of hydrogen-bond donors (Lipinski definition) is 1. The molecule has 3 rings (SSSR count). The van der Waals surface area contributed by atoms with Crippen LogP contribution in [-0.2, 0) is 4.74 Å². The summed E-state index contributed by atoms with van der Waals surface area (Å²) in [5.41, 5.74) is 3.03. The molecular weight excluding hydrogens is 364 g/mol. The summed E-state index contributed by atoms with van der Waals surface area (Å²) in [4.78, 5) is 16.9. The molecule has 2 aromatic carbocycles. The number of aromatic nitrogens is 1. The van der Waals surface area contributed by atoms with E-state index < -0.39 is 0 Å². The molecule has 0 spiro atoms. The van der Waals surface area contributed by atoms with Crippen LogP contribution >= 0.6 is 0 Å². The highest BCUT2D eigenvalue weighted by Crippen LogP contribution is 2.28. The van der Waals surface area contributed by atoms with Crippen molar-refractivity contribution in [1.82, 2.24) is 4.98 Å². The monoisotopic (exact) mass is 390 g/mol. The van der Waals surface area contributed by atoms with E-state index in [1.54, 1.807) is 12.1 Å². The van der Waals surface area contributed by atoms with Gasteiger partial charge in [-0.15, -0.1) is 0 Å². The Bertz CT molecular complexity index is 932. The number of amides is 1. The van der Waals surface area contributed by atoms with Crippen LogP contribution in [0.5, 0.6) is 5.88 Å². The fourth-order valence-electron chi connectivity index (χ4n) is 2.75. The number of para-hydroxylation sites is 1. The van der Waals surface area contributed by atoms with E-state index in [0.29, 0.717) is 24.7 Å². The van der Waals surface area contributed by atoms with E-state index in [2.05, 4.69) is 10.3 Å². The Balaban J connectivity index is 1.62. The molecule has 0 atom stereocenters. The molecule has 0 unspecified atom stereocenters. The van der Waals surface area contributed by atoms with Crippen LogP contribution in [0.2, 0.25) is 0 Å². The first-order chi connectivity index (χ1) is 13.9. The van der Waals surface area contributed by atoms with Crippen LogP contribution in [0.25, 0.3) is 11.1 Å². The molecule has 0 saturated carbocycles. The predicted octanol–water partition coefficient (Wildman–Crippen LogP) is 5.19. The number of hydrogen-bond acceptors (Lipinski definition) is 4. The van der Waals surface area contributed by atoms with E-state index >= 15 is 0 Å². The Morgan fingerprint density at radius 3 is 2.34 bits per heavy atom. The van der Waals surface area contributed by atoms with Crippen molar-refractivity contribution in [3.8, 4) is 17.0 Å². The normalized spacial score (nSPS) is 11.1. The summed E-state index contributed by atoms with van der Waals surface area (Å²) in [7, 11) is 0. The molecule has 0 saturated heterocycles. The minimum absolute atomic E-state index is 0.200. The minimum atomic E-state index is -0.219. The van der Waals surface area contributed by atoms with E-state index in [9.17, 15) is 4.79 Å². The Morgan fingerprint density at radius 1 is 0.931 bits per heavy atom. The van der Waals surface area contributed by atoms with Gasteiger partial charge >= 0.3 is 0 Å². The standard InChI is InChI=1S/C24H26N2O3/c1-24(2,3)29-16-15-28-22-14-13-19(17-25-22)23(27)26-21-12-8-7-11-20(21)18-9-5-4-6-10-18/h4-14,17H,15-16H2,1-3H3,(H,26,27). The second-order valence-electron chi connectivity index (χ2n) is 7.56. The SMILES string of the molecule is CC(C)(C)OCCOc1ccc(C(=O)Nc2ccccc2-c2ccccc2)cn1. The molecule has 0 bridgehead atoms. The second-order valence-corrected chi connectivity index (χ2v) is 7.56. The fraction of sp³-hybridized carbons (Fsp3) is 0.250. The molecule has 0 aliphatic heterocycles. The number of nitrogens with one attached hydrogen (secondary N) is 1. The lowest BCUT2D eigenvalue weighted by Crippen LogP contribution is -2.22. The molecular formula is C24H26N2O3. The van der Waals surface area contributed by atoms with Gasteiger partial charge in [-0.25, -0.2) is 4.98 Å². The molecule has 0 aliphatic carbocycles. The molecule has 1 amide bonds. The zero-order chi connectivity index (χ0) is 20.7. The number of pyridine rings is 1. The number of nitrogens with zero attached hydrogens (tertiary/aromatic N) is 1. The lowest BCUT2D eigenvalue weighted by atomic mass is 10.0. The quantitative estimate of drug-likeness (QED) is 0.564. The summed E-state index contributed by atoms with van der Waals surface area (Å²) >= 11 is 0. The Labute approximate surface area is 171 Å². The molecule has 150 valence electrons. The third-order valence-electron chi connectivity index (χ3n) is 4.13. The van der Waals surface area contributed by atoms with Gasteiger partial charge in [0.2, 0.25) is 5.88 Å². The summed E-state index contributed by atoms with van der Waals surface area (Å²) < 4.78 is 11.2. The Kier molecular flexibility index (Phi) is 6.62. The predicted molar refractivity (Wildman–Crippen MR) is 115 cm³/mol. The number of carbonyl (C=O) groups is 1.